The molecule has 4 N–H and O–H groups in total. The van der Waals surface area contributed by atoms with Crippen molar-refractivity contribution in [3.05, 3.63) is 72.3 Å². The average Bonchev–Trinajstić information content (AvgIpc) is 3.53. The Kier molecular flexibility index (Phi) is 7.88. The van der Waals surface area contributed by atoms with Gasteiger partial charge >= 0.3 is 0 Å². The summed E-state index contributed by atoms with van der Waals surface area (Å²) in [5, 5.41) is 21.0. The molecule has 0 radical (unpaired) electrons. The van der Waals surface area contributed by atoms with E-state index >= 15 is 0 Å². The molecule has 38 heavy (non-hydrogen) atoms. The van der Waals surface area contributed by atoms with E-state index in [1.165, 1.54) is 30.5 Å². The van der Waals surface area contributed by atoms with Gasteiger partial charge in [-0.15, -0.1) is 0 Å². The largest absolute Gasteiger partial charge is 0.395 e. The molecular formula is C27H30F2N6O3. The highest BCUT2D eigenvalue weighted by molar-refractivity contribution is 6.03. The van der Waals surface area contributed by atoms with Gasteiger partial charge in [-0.3, -0.25) is 4.79 Å². The molecule has 2 heterocycles. The minimum absolute atomic E-state index is 0.0328. The highest BCUT2D eigenvalue weighted by Crippen LogP contribution is 2.33. The minimum Gasteiger partial charge on any atom is -0.395 e. The van der Waals surface area contributed by atoms with Crippen LogP contribution in [-0.4, -0.2) is 61.9 Å². The molecule has 0 aliphatic carbocycles. The fourth-order valence-electron chi connectivity index (χ4n) is 4.06. The third kappa shape index (κ3) is 5.74. The number of benzene rings is 2. The van der Waals surface area contributed by atoms with Gasteiger partial charge in [-0.2, -0.15) is 0 Å². The Morgan fingerprint density at radius 1 is 1.05 bits per heavy atom. The zero-order valence-electron chi connectivity index (χ0n) is 21.4. The average molecular weight is 525 g/mol. The van der Waals surface area contributed by atoms with E-state index in [1.54, 1.807) is 29.4 Å². The maximum absolute atomic E-state index is 14.8. The number of nitrogens with zero attached hydrogens (tertiary/aromatic N) is 4. The predicted octanol–water partition coefficient (Wildman–Crippen LogP) is 4.02. The number of nitrogens with one attached hydrogen (secondary N) is 2. The molecule has 0 unspecified atom stereocenters. The van der Waals surface area contributed by atoms with Crippen molar-refractivity contribution in [2.75, 3.05) is 36.5 Å². The van der Waals surface area contributed by atoms with Crippen molar-refractivity contribution in [1.29, 1.82) is 0 Å². The second kappa shape index (κ2) is 11.1. The molecule has 2 aromatic carbocycles. The molecule has 0 saturated heterocycles. The molecule has 11 heteroatoms. The number of carbonyl (C=O) groups is 1. The third-order valence-electron chi connectivity index (χ3n) is 5.96. The van der Waals surface area contributed by atoms with Gasteiger partial charge in [0.05, 0.1) is 37.1 Å². The number of carbonyl (C=O) groups excluding carboxylic acids is 1. The predicted molar refractivity (Wildman–Crippen MR) is 141 cm³/mol. The lowest BCUT2D eigenvalue weighted by molar-refractivity contribution is 0.102. The summed E-state index contributed by atoms with van der Waals surface area (Å²) >= 11 is 0. The first-order valence-corrected chi connectivity index (χ1v) is 12.1. The molecule has 1 amide bonds. The number of aliphatic hydroxyl groups excluding tert-OH is 2. The second-order valence-electron chi connectivity index (χ2n) is 9.69. The van der Waals surface area contributed by atoms with Gasteiger partial charge in [-0.1, -0.05) is 0 Å². The van der Waals surface area contributed by atoms with E-state index in [2.05, 4.69) is 20.3 Å². The molecule has 0 bridgehead atoms. The van der Waals surface area contributed by atoms with E-state index in [-0.39, 0.29) is 49.0 Å². The zero-order chi connectivity index (χ0) is 27.4. The Hall–Kier alpha value is -4.09. The van der Waals surface area contributed by atoms with Gasteiger partial charge in [0.1, 0.15) is 23.0 Å². The molecule has 4 rings (SSSR count). The quantitative estimate of drug-likeness (QED) is 0.263. The first kappa shape index (κ1) is 27.0. The van der Waals surface area contributed by atoms with E-state index in [9.17, 15) is 23.8 Å². The van der Waals surface area contributed by atoms with Crippen molar-refractivity contribution in [2.45, 2.75) is 26.3 Å². The Bertz CT molecular complexity index is 1400. The molecular weight excluding hydrogens is 494 g/mol. The summed E-state index contributed by atoms with van der Waals surface area (Å²) in [5.74, 6) is -1.25. The maximum Gasteiger partial charge on any atom is 0.273 e. The summed E-state index contributed by atoms with van der Waals surface area (Å²) in [7, 11) is 0. The molecule has 9 nitrogen and oxygen atoms in total. The molecule has 0 saturated carbocycles. The van der Waals surface area contributed by atoms with Crippen LogP contribution >= 0.6 is 0 Å². The standard InChI is InChI=1S/C27H30F2N6O3/c1-27(2,3)35-16-31-23(17-4-6-18(28)7-5-17)24(35)25-30-15-22(32-25)26(38)33-21-9-8-19(14-20(21)29)34(10-12-36)11-13-37/h4-9,14-16,36-37H,10-13H2,1-3H3,(H,30,32)(H,33,38). The van der Waals surface area contributed by atoms with Crippen molar-refractivity contribution < 1.29 is 23.8 Å². The Morgan fingerprint density at radius 2 is 1.74 bits per heavy atom. The van der Waals surface area contributed by atoms with Crippen LogP contribution in [0.4, 0.5) is 20.2 Å². The van der Waals surface area contributed by atoms with Crippen LogP contribution in [0.3, 0.4) is 0 Å². The summed E-state index contributed by atoms with van der Waals surface area (Å²) < 4.78 is 30.2. The van der Waals surface area contributed by atoms with Crippen molar-refractivity contribution in [2.24, 2.45) is 0 Å². The van der Waals surface area contributed by atoms with Gasteiger partial charge in [0.2, 0.25) is 0 Å². The number of halogens is 2. The van der Waals surface area contributed by atoms with Crippen LogP contribution < -0.4 is 10.2 Å². The van der Waals surface area contributed by atoms with Crippen LogP contribution in [-0.2, 0) is 5.54 Å². The number of rotatable bonds is 9. The summed E-state index contributed by atoms with van der Waals surface area (Å²) in [5.41, 5.74) is 2.04. The monoisotopic (exact) mass is 524 g/mol. The molecule has 0 spiro atoms. The summed E-state index contributed by atoms with van der Waals surface area (Å²) in [4.78, 5) is 26.5. The number of amides is 1. The van der Waals surface area contributed by atoms with Gasteiger partial charge in [-0.25, -0.2) is 18.7 Å². The highest BCUT2D eigenvalue weighted by Gasteiger charge is 2.25. The number of anilines is 2. The molecule has 2 aromatic heterocycles. The van der Waals surface area contributed by atoms with Gasteiger partial charge in [-0.05, 0) is 63.2 Å². The van der Waals surface area contributed by atoms with E-state index in [1.807, 2.05) is 25.3 Å². The fourth-order valence-corrected chi connectivity index (χ4v) is 4.06. The van der Waals surface area contributed by atoms with Gasteiger partial charge < -0.3 is 30.0 Å². The highest BCUT2D eigenvalue weighted by atomic mass is 19.1. The Labute approximate surface area is 218 Å². The number of aromatic nitrogens is 4. The van der Waals surface area contributed by atoms with Crippen molar-refractivity contribution in [3.8, 4) is 22.8 Å². The van der Waals surface area contributed by atoms with Crippen LogP contribution in [0, 0.1) is 11.6 Å². The van der Waals surface area contributed by atoms with Crippen LogP contribution in [0.5, 0.6) is 0 Å². The normalized spacial score (nSPS) is 11.6. The number of imidazole rings is 2. The second-order valence-corrected chi connectivity index (χ2v) is 9.69. The SMILES string of the molecule is CC(C)(C)n1cnc(-c2ccc(F)cc2)c1-c1ncc(C(=O)Nc2ccc(N(CCO)CCO)cc2F)[nH]1. The fraction of sp³-hybridized carbons (Fsp3) is 0.296. The van der Waals surface area contributed by atoms with Gasteiger partial charge in [0.15, 0.2) is 5.82 Å². The molecule has 4 aromatic rings. The first-order chi connectivity index (χ1) is 18.1. The number of hydrogen-bond donors (Lipinski definition) is 4. The zero-order valence-corrected chi connectivity index (χ0v) is 21.4. The lowest BCUT2D eigenvalue weighted by atomic mass is 10.1. The number of aliphatic hydroxyl groups is 2. The smallest absolute Gasteiger partial charge is 0.273 e. The molecule has 0 fully saturated rings. The van der Waals surface area contributed by atoms with Gasteiger partial charge in [0.25, 0.3) is 5.91 Å². The van der Waals surface area contributed by atoms with Crippen LogP contribution in [0.25, 0.3) is 22.8 Å². The topological polar surface area (TPSA) is 119 Å². The summed E-state index contributed by atoms with van der Waals surface area (Å²) in [6.45, 7) is 6.15. The first-order valence-electron chi connectivity index (χ1n) is 12.1. The van der Waals surface area contributed by atoms with Crippen LogP contribution in [0.2, 0.25) is 0 Å². The number of aromatic amines is 1. The molecule has 0 aliphatic rings. The van der Waals surface area contributed by atoms with Gasteiger partial charge in [0, 0.05) is 29.9 Å². The van der Waals surface area contributed by atoms with Crippen molar-refractivity contribution in [1.82, 2.24) is 19.5 Å². The van der Waals surface area contributed by atoms with Crippen molar-refractivity contribution >= 4 is 17.3 Å². The Morgan fingerprint density at radius 3 is 2.34 bits per heavy atom. The van der Waals surface area contributed by atoms with Crippen LogP contribution in [0.15, 0.2) is 55.0 Å². The minimum atomic E-state index is -0.666. The maximum atomic E-state index is 14.8. The van der Waals surface area contributed by atoms with Crippen molar-refractivity contribution in [3.63, 3.8) is 0 Å². The lowest BCUT2D eigenvalue weighted by Crippen LogP contribution is -2.29. The van der Waals surface area contributed by atoms with E-state index < -0.39 is 11.7 Å². The molecule has 0 atom stereocenters. The van der Waals surface area contributed by atoms with E-state index in [0.717, 1.165) is 0 Å². The third-order valence-corrected chi connectivity index (χ3v) is 5.96. The van der Waals surface area contributed by atoms with E-state index in [4.69, 9.17) is 0 Å². The molecule has 0 aliphatic heterocycles. The number of hydrogen-bond acceptors (Lipinski definition) is 6. The van der Waals surface area contributed by atoms with Crippen LogP contribution in [0.1, 0.15) is 31.3 Å². The summed E-state index contributed by atoms with van der Waals surface area (Å²) in [6.07, 6.45) is 3.03. The summed E-state index contributed by atoms with van der Waals surface area (Å²) in [6, 6.07) is 10.2. The Balaban J connectivity index is 1.61. The molecule has 200 valence electrons. The number of H-pyrrole nitrogens is 1. The van der Waals surface area contributed by atoms with E-state index in [0.29, 0.717) is 28.5 Å². The lowest BCUT2D eigenvalue weighted by Gasteiger charge is -2.23.